The summed E-state index contributed by atoms with van der Waals surface area (Å²) in [5.41, 5.74) is 5.04. The number of phenols is 4. The largest absolute Gasteiger partial charge is 0.505 e. The van der Waals surface area contributed by atoms with Crippen molar-refractivity contribution in [1.29, 1.82) is 0 Å². The average Bonchev–Trinajstić information content (AvgIpc) is 3.48. The molecule has 1 aromatic carbocycles. The fraction of sp³-hybridized carbons (Fsp3) is 0.320. The summed E-state index contributed by atoms with van der Waals surface area (Å²) in [5.74, 6) is -1.74. The molecule has 1 aliphatic carbocycles. The van der Waals surface area contributed by atoms with Crippen LogP contribution in [0.25, 0.3) is 16.8 Å². The first kappa shape index (κ1) is 21.6. The van der Waals surface area contributed by atoms with Gasteiger partial charge in [-0.25, -0.2) is 9.50 Å². The van der Waals surface area contributed by atoms with Crippen LogP contribution in [0.5, 0.6) is 23.0 Å². The maximum atomic E-state index is 10.7. The number of aromatic nitrogens is 4. The van der Waals surface area contributed by atoms with Gasteiger partial charge in [-0.3, -0.25) is 4.98 Å². The third-order valence-electron chi connectivity index (χ3n) is 7.79. The average molecular weight is 471 g/mol. The Morgan fingerprint density at radius 2 is 1.69 bits per heavy atom. The highest BCUT2D eigenvalue weighted by Crippen LogP contribution is 2.47. The van der Waals surface area contributed by atoms with Crippen molar-refractivity contribution in [1.82, 2.24) is 19.6 Å². The Morgan fingerprint density at radius 3 is 2.43 bits per heavy atom. The Labute approximate surface area is 202 Å². The van der Waals surface area contributed by atoms with Gasteiger partial charge in [0.15, 0.2) is 17.3 Å². The maximum Gasteiger partial charge on any atom is 0.204 e. The van der Waals surface area contributed by atoms with Gasteiger partial charge in [0.2, 0.25) is 11.5 Å². The van der Waals surface area contributed by atoms with Crippen LogP contribution in [0.15, 0.2) is 30.6 Å². The molecule has 0 radical (unpaired) electrons. The van der Waals surface area contributed by atoms with Gasteiger partial charge in [-0.1, -0.05) is 6.07 Å². The molecule has 178 valence electrons. The number of hydrogen-bond acceptors (Lipinski definition) is 8. The van der Waals surface area contributed by atoms with E-state index < -0.39 is 23.0 Å². The van der Waals surface area contributed by atoms with E-state index in [-0.39, 0.29) is 16.4 Å². The zero-order chi connectivity index (χ0) is 24.5. The van der Waals surface area contributed by atoms with Gasteiger partial charge in [-0.2, -0.15) is 5.10 Å². The zero-order valence-electron chi connectivity index (χ0n) is 19.7. The third-order valence-corrected chi connectivity index (χ3v) is 7.79. The summed E-state index contributed by atoms with van der Waals surface area (Å²) in [6.45, 7) is 3.54. The molecule has 0 amide bonds. The van der Waals surface area contributed by atoms with Crippen molar-refractivity contribution < 1.29 is 20.4 Å². The topological polar surface area (TPSA) is 127 Å². The summed E-state index contributed by atoms with van der Waals surface area (Å²) < 4.78 is 1.68. The van der Waals surface area contributed by atoms with Crippen molar-refractivity contribution >= 4 is 24.6 Å². The van der Waals surface area contributed by atoms with E-state index in [0.717, 1.165) is 50.1 Å². The molecule has 6 rings (SSSR count). The van der Waals surface area contributed by atoms with E-state index in [4.69, 9.17) is 4.98 Å². The first-order valence-corrected chi connectivity index (χ1v) is 11.8. The first-order valence-electron chi connectivity index (χ1n) is 11.8. The van der Waals surface area contributed by atoms with Crippen LogP contribution >= 0.6 is 0 Å². The van der Waals surface area contributed by atoms with E-state index in [2.05, 4.69) is 21.0 Å². The summed E-state index contributed by atoms with van der Waals surface area (Å²) >= 11 is 0. The summed E-state index contributed by atoms with van der Waals surface area (Å²) in [7, 11) is 1.56. The number of hydrogen-bond donors (Lipinski definition) is 4. The summed E-state index contributed by atoms with van der Waals surface area (Å²) in [6, 6.07) is 6.08. The van der Waals surface area contributed by atoms with Gasteiger partial charge in [0.25, 0.3) is 0 Å². The number of fused-ring (bicyclic) bond motifs is 2. The number of piperidine rings is 1. The van der Waals surface area contributed by atoms with Crippen molar-refractivity contribution in [2.24, 2.45) is 5.41 Å². The van der Waals surface area contributed by atoms with Crippen molar-refractivity contribution in [3.8, 4) is 34.3 Å². The Morgan fingerprint density at radius 1 is 0.943 bits per heavy atom. The predicted octanol–water partition coefficient (Wildman–Crippen LogP) is 1.57. The van der Waals surface area contributed by atoms with Crippen molar-refractivity contribution in [3.63, 3.8) is 0 Å². The lowest BCUT2D eigenvalue weighted by atomic mass is 9.76. The monoisotopic (exact) mass is 471 g/mol. The number of benzene rings is 1. The van der Waals surface area contributed by atoms with Crippen molar-refractivity contribution in [3.05, 3.63) is 47.5 Å². The van der Waals surface area contributed by atoms with E-state index >= 15 is 0 Å². The highest BCUT2D eigenvalue weighted by Gasteiger charge is 2.41. The molecular formula is C25H26BN5O4. The highest BCUT2D eigenvalue weighted by molar-refractivity contribution is 6.39. The Kier molecular flexibility index (Phi) is 4.64. The van der Waals surface area contributed by atoms with Gasteiger partial charge < -0.3 is 25.3 Å². The molecule has 4 heterocycles. The summed E-state index contributed by atoms with van der Waals surface area (Å²) in [5, 5.41) is 45.6. The molecule has 4 N–H and O–H groups in total. The van der Waals surface area contributed by atoms with Crippen LogP contribution in [0.2, 0.25) is 0 Å². The number of rotatable bonds is 2. The van der Waals surface area contributed by atoms with Gasteiger partial charge in [0.1, 0.15) is 13.4 Å². The lowest BCUT2D eigenvalue weighted by Gasteiger charge is -2.40. The highest BCUT2D eigenvalue weighted by atomic mass is 16.3. The molecule has 1 fully saturated rings. The number of nitrogens with zero attached hydrogens (tertiary/aromatic N) is 5. The second kappa shape index (κ2) is 7.53. The standard InChI is InChI=1S/C25H26BN5O4/c1-13-19(17-18(26)21(33)23(35)22(34)20(17)32)31-16(4-8-28-31)24(29-13)30-9-5-25(6-10-30)11-14-3-2-7-27-15(14)12-25/h2-4,7-8,32-35H,5-6,9-12,26H2,1H3. The molecule has 1 aliphatic heterocycles. The van der Waals surface area contributed by atoms with E-state index in [0.29, 0.717) is 11.4 Å². The molecule has 2 aliphatic rings. The normalized spacial score (nSPS) is 16.8. The molecule has 0 saturated carbocycles. The molecule has 0 bridgehead atoms. The number of anilines is 1. The predicted molar refractivity (Wildman–Crippen MR) is 134 cm³/mol. The third kappa shape index (κ3) is 3.12. The Bertz CT molecular complexity index is 1440. The second-order valence-corrected chi connectivity index (χ2v) is 9.84. The van der Waals surface area contributed by atoms with Crippen LogP contribution < -0.4 is 10.4 Å². The van der Waals surface area contributed by atoms with Crippen LogP contribution in [-0.2, 0) is 12.8 Å². The lowest BCUT2D eigenvalue weighted by Crippen LogP contribution is -2.41. The minimum absolute atomic E-state index is 0.178. The zero-order valence-corrected chi connectivity index (χ0v) is 19.7. The van der Waals surface area contributed by atoms with Crippen LogP contribution in [0, 0.1) is 12.3 Å². The molecule has 9 nitrogen and oxygen atoms in total. The Hall–Kier alpha value is -3.95. The number of pyridine rings is 1. The molecule has 4 aromatic rings. The molecule has 1 saturated heterocycles. The maximum absolute atomic E-state index is 10.7. The molecule has 0 unspecified atom stereocenters. The van der Waals surface area contributed by atoms with Gasteiger partial charge in [0.05, 0.1) is 17.6 Å². The first-order chi connectivity index (χ1) is 16.8. The van der Waals surface area contributed by atoms with E-state index in [1.807, 2.05) is 25.3 Å². The molecule has 1 spiro atoms. The van der Waals surface area contributed by atoms with Gasteiger partial charge in [-0.05, 0) is 61.2 Å². The summed E-state index contributed by atoms with van der Waals surface area (Å²) in [4.78, 5) is 11.8. The van der Waals surface area contributed by atoms with Crippen molar-refractivity contribution in [2.75, 3.05) is 18.0 Å². The van der Waals surface area contributed by atoms with Gasteiger partial charge in [-0.15, -0.1) is 0 Å². The van der Waals surface area contributed by atoms with Crippen LogP contribution in [0.4, 0.5) is 5.82 Å². The van der Waals surface area contributed by atoms with Crippen LogP contribution in [0.1, 0.15) is 29.8 Å². The number of aryl methyl sites for hydroxylation is 1. The molecule has 0 atom stereocenters. The molecule has 3 aromatic heterocycles. The molecule has 35 heavy (non-hydrogen) atoms. The lowest BCUT2D eigenvalue weighted by molar-refractivity contribution is 0.231. The van der Waals surface area contributed by atoms with E-state index in [9.17, 15) is 20.4 Å². The van der Waals surface area contributed by atoms with E-state index in [1.54, 1.807) is 18.6 Å². The quantitative estimate of drug-likeness (QED) is 0.197. The van der Waals surface area contributed by atoms with Crippen molar-refractivity contribution in [2.45, 2.75) is 32.6 Å². The second-order valence-electron chi connectivity index (χ2n) is 9.84. The fourth-order valence-corrected chi connectivity index (χ4v) is 5.86. The smallest absolute Gasteiger partial charge is 0.204 e. The van der Waals surface area contributed by atoms with Crippen LogP contribution in [0.3, 0.4) is 0 Å². The number of phenolic OH excluding ortho intramolecular Hbond substituents is 4. The molecule has 10 heteroatoms. The van der Waals surface area contributed by atoms with E-state index in [1.165, 1.54) is 11.3 Å². The molecular weight excluding hydrogens is 445 g/mol. The number of aromatic hydroxyl groups is 4. The summed E-state index contributed by atoms with van der Waals surface area (Å²) in [6.07, 6.45) is 7.74. The van der Waals surface area contributed by atoms with Gasteiger partial charge in [0, 0.05) is 30.5 Å². The minimum atomic E-state index is -0.778. The minimum Gasteiger partial charge on any atom is -0.505 e. The fourth-order valence-electron chi connectivity index (χ4n) is 5.86. The van der Waals surface area contributed by atoms with Crippen LogP contribution in [-0.4, -0.2) is 60.9 Å². The SMILES string of the molecule is Bc1c(O)c(O)c(O)c(O)c1-c1c(C)nc(N2CCC3(CC2)Cc2cccnc2C3)c2ccnn12. The van der Waals surface area contributed by atoms with Gasteiger partial charge >= 0.3 is 0 Å². The Balaban J connectivity index is 1.38.